The molecule has 3 N–H and O–H groups in total. The van der Waals surface area contributed by atoms with Gasteiger partial charge in [0.15, 0.2) is 0 Å². The third-order valence-corrected chi connectivity index (χ3v) is 3.09. The molecule has 86 valence electrons. The minimum atomic E-state index is -0.212. The van der Waals surface area contributed by atoms with Crippen molar-refractivity contribution in [1.82, 2.24) is 4.98 Å². The molecule has 1 aromatic heterocycles. The maximum absolute atomic E-state index is 11.8. The fourth-order valence-electron chi connectivity index (χ4n) is 1.32. The topological polar surface area (TPSA) is 68.0 Å². The van der Waals surface area contributed by atoms with E-state index in [2.05, 4.69) is 10.3 Å². The molecule has 1 aromatic carbocycles. The third-order valence-electron chi connectivity index (χ3n) is 2.10. The van der Waals surface area contributed by atoms with Crippen LogP contribution in [0.4, 0.5) is 5.69 Å². The van der Waals surface area contributed by atoms with Crippen LogP contribution in [0.5, 0.6) is 0 Å². The smallest absolute Gasteiger partial charge is 0.267 e. The average molecular weight is 263 g/mol. The molecule has 0 aliphatic heterocycles. The molecule has 0 aliphatic rings. The van der Waals surface area contributed by atoms with Crippen molar-refractivity contribution in [2.75, 3.05) is 5.32 Å². The van der Waals surface area contributed by atoms with Crippen molar-refractivity contribution in [3.63, 3.8) is 0 Å². The largest absolute Gasteiger partial charge is 0.389 e. The maximum Gasteiger partial charge on any atom is 0.267 e. The lowest BCUT2D eigenvalue weighted by atomic mass is 10.2. The molecule has 0 bridgehead atoms. The first-order valence-corrected chi connectivity index (χ1v) is 6.06. The first-order valence-electron chi connectivity index (χ1n) is 4.77. The molecular weight excluding hydrogens is 254 g/mol. The van der Waals surface area contributed by atoms with Gasteiger partial charge in [0.1, 0.15) is 9.87 Å². The SMILES string of the molecule is NC(=S)c1ccccc1NC(=O)c1cncs1. The summed E-state index contributed by atoms with van der Waals surface area (Å²) in [7, 11) is 0. The Hall–Kier alpha value is -1.79. The van der Waals surface area contributed by atoms with Gasteiger partial charge in [-0.3, -0.25) is 9.78 Å². The van der Waals surface area contributed by atoms with Crippen LogP contribution in [0.1, 0.15) is 15.2 Å². The number of benzene rings is 1. The van der Waals surface area contributed by atoms with Crippen LogP contribution in [0.15, 0.2) is 36.0 Å². The van der Waals surface area contributed by atoms with Crippen molar-refractivity contribution in [3.05, 3.63) is 46.4 Å². The monoisotopic (exact) mass is 263 g/mol. The van der Waals surface area contributed by atoms with Crippen molar-refractivity contribution in [3.8, 4) is 0 Å². The van der Waals surface area contributed by atoms with Gasteiger partial charge in [0.25, 0.3) is 5.91 Å². The molecule has 1 heterocycles. The number of rotatable bonds is 3. The first kappa shape index (κ1) is 11.7. The zero-order valence-corrected chi connectivity index (χ0v) is 10.3. The number of hydrogen-bond acceptors (Lipinski definition) is 4. The number of nitrogens with two attached hydrogens (primary N) is 1. The summed E-state index contributed by atoms with van der Waals surface area (Å²) in [5, 5.41) is 2.76. The van der Waals surface area contributed by atoms with Crippen molar-refractivity contribution in [1.29, 1.82) is 0 Å². The first-order chi connectivity index (χ1) is 8.18. The Morgan fingerprint density at radius 2 is 2.18 bits per heavy atom. The highest BCUT2D eigenvalue weighted by molar-refractivity contribution is 7.80. The molecule has 0 unspecified atom stereocenters. The van der Waals surface area contributed by atoms with Crippen LogP contribution >= 0.6 is 23.6 Å². The number of anilines is 1. The second-order valence-electron chi connectivity index (χ2n) is 3.23. The highest BCUT2D eigenvalue weighted by Gasteiger charge is 2.10. The van der Waals surface area contributed by atoms with E-state index in [0.717, 1.165) is 0 Å². The molecular formula is C11H9N3OS2. The molecule has 2 rings (SSSR count). The molecule has 0 saturated heterocycles. The van der Waals surface area contributed by atoms with Crippen LogP contribution in [0.2, 0.25) is 0 Å². The van der Waals surface area contributed by atoms with Gasteiger partial charge < -0.3 is 11.1 Å². The Bertz CT molecular complexity index is 552. The number of carbonyl (C=O) groups excluding carboxylic acids is 1. The van der Waals surface area contributed by atoms with E-state index >= 15 is 0 Å². The summed E-state index contributed by atoms with van der Waals surface area (Å²) < 4.78 is 0. The van der Waals surface area contributed by atoms with Gasteiger partial charge in [-0.2, -0.15) is 0 Å². The van der Waals surface area contributed by atoms with Gasteiger partial charge in [0, 0.05) is 5.56 Å². The molecule has 2 aromatic rings. The standard InChI is InChI=1S/C11H9N3OS2/c12-10(16)7-3-1-2-4-8(7)14-11(15)9-5-13-6-17-9/h1-6H,(H2,12,16)(H,14,15). The molecule has 0 fully saturated rings. The van der Waals surface area contributed by atoms with Crippen molar-refractivity contribution < 1.29 is 4.79 Å². The van der Waals surface area contributed by atoms with E-state index < -0.39 is 0 Å². The Morgan fingerprint density at radius 1 is 1.41 bits per heavy atom. The molecule has 6 heteroatoms. The number of nitrogens with one attached hydrogen (secondary N) is 1. The Balaban J connectivity index is 2.25. The van der Waals surface area contributed by atoms with Gasteiger partial charge in [-0.15, -0.1) is 11.3 Å². The van der Waals surface area contributed by atoms with Crippen LogP contribution in [-0.2, 0) is 0 Å². The number of carbonyl (C=O) groups is 1. The molecule has 0 aliphatic carbocycles. The van der Waals surface area contributed by atoms with E-state index in [1.807, 2.05) is 12.1 Å². The number of para-hydroxylation sites is 1. The third kappa shape index (κ3) is 2.66. The van der Waals surface area contributed by atoms with Crippen molar-refractivity contribution >= 4 is 40.1 Å². The highest BCUT2D eigenvalue weighted by Crippen LogP contribution is 2.17. The summed E-state index contributed by atoms with van der Waals surface area (Å²) in [5.74, 6) is -0.212. The fourth-order valence-corrected chi connectivity index (χ4v) is 2.01. The van der Waals surface area contributed by atoms with E-state index in [4.69, 9.17) is 18.0 Å². The van der Waals surface area contributed by atoms with Gasteiger partial charge in [-0.25, -0.2) is 0 Å². The normalized spacial score (nSPS) is 9.88. The molecule has 0 radical (unpaired) electrons. The minimum absolute atomic E-state index is 0.212. The summed E-state index contributed by atoms with van der Waals surface area (Å²) in [6, 6.07) is 7.15. The molecule has 0 atom stereocenters. The number of nitrogens with zero attached hydrogens (tertiary/aromatic N) is 1. The molecule has 4 nitrogen and oxygen atoms in total. The lowest BCUT2D eigenvalue weighted by molar-refractivity contribution is 0.103. The summed E-state index contributed by atoms with van der Waals surface area (Å²) in [6.45, 7) is 0. The van der Waals surface area contributed by atoms with Gasteiger partial charge >= 0.3 is 0 Å². The number of hydrogen-bond donors (Lipinski definition) is 2. The van der Waals surface area contributed by atoms with Crippen LogP contribution in [0.3, 0.4) is 0 Å². The zero-order valence-electron chi connectivity index (χ0n) is 8.71. The summed E-state index contributed by atoms with van der Waals surface area (Å²) in [6.07, 6.45) is 1.52. The van der Waals surface area contributed by atoms with Crippen LogP contribution in [0, 0.1) is 0 Å². The highest BCUT2D eigenvalue weighted by atomic mass is 32.1. The quantitative estimate of drug-likeness (QED) is 0.831. The fraction of sp³-hybridized carbons (Fsp3) is 0. The molecule has 0 spiro atoms. The van der Waals surface area contributed by atoms with Gasteiger partial charge in [0.05, 0.1) is 17.4 Å². The number of aromatic nitrogens is 1. The Kier molecular flexibility index (Phi) is 3.46. The number of thiazole rings is 1. The Morgan fingerprint density at radius 3 is 2.82 bits per heavy atom. The zero-order chi connectivity index (χ0) is 12.3. The maximum atomic E-state index is 11.8. The average Bonchev–Trinajstić information content (AvgIpc) is 2.83. The second kappa shape index (κ2) is 5.03. The summed E-state index contributed by atoms with van der Waals surface area (Å²) >= 11 is 6.20. The van der Waals surface area contributed by atoms with E-state index in [1.54, 1.807) is 17.6 Å². The van der Waals surface area contributed by atoms with Gasteiger partial charge in [0.2, 0.25) is 0 Å². The number of thiocarbonyl (C=S) groups is 1. The van der Waals surface area contributed by atoms with E-state index in [0.29, 0.717) is 16.1 Å². The molecule has 0 saturated carbocycles. The molecule has 1 amide bonds. The molecule has 17 heavy (non-hydrogen) atoms. The van der Waals surface area contributed by atoms with Crippen LogP contribution in [-0.4, -0.2) is 15.9 Å². The lowest BCUT2D eigenvalue weighted by Gasteiger charge is -2.08. The summed E-state index contributed by atoms with van der Waals surface area (Å²) in [5.41, 5.74) is 8.45. The van der Waals surface area contributed by atoms with Crippen molar-refractivity contribution in [2.45, 2.75) is 0 Å². The van der Waals surface area contributed by atoms with Gasteiger partial charge in [-0.1, -0.05) is 24.4 Å². The van der Waals surface area contributed by atoms with E-state index in [1.165, 1.54) is 17.5 Å². The van der Waals surface area contributed by atoms with Gasteiger partial charge in [-0.05, 0) is 12.1 Å². The lowest BCUT2D eigenvalue weighted by Crippen LogP contribution is -2.16. The van der Waals surface area contributed by atoms with E-state index in [-0.39, 0.29) is 10.9 Å². The summed E-state index contributed by atoms with van der Waals surface area (Å²) in [4.78, 5) is 16.5. The Labute approximate surface area is 107 Å². The minimum Gasteiger partial charge on any atom is -0.389 e. The predicted molar refractivity (Wildman–Crippen MR) is 72.4 cm³/mol. The van der Waals surface area contributed by atoms with Crippen molar-refractivity contribution in [2.24, 2.45) is 5.73 Å². The number of amides is 1. The van der Waals surface area contributed by atoms with E-state index in [9.17, 15) is 4.79 Å². The predicted octanol–water partition coefficient (Wildman–Crippen LogP) is 2.03. The van der Waals surface area contributed by atoms with Crippen LogP contribution in [0.25, 0.3) is 0 Å². The van der Waals surface area contributed by atoms with Crippen LogP contribution < -0.4 is 11.1 Å². The second-order valence-corrected chi connectivity index (χ2v) is 4.56.